The predicted molar refractivity (Wildman–Crippen MR) is 108 cm³/mol. The summed E-state index contributed by atoms with van der Waals surface area (Å²) in [5, 5.41) is 2.50. The van der Waals surface area contributed by atoms with E-state index in [0.717, 1.165) is 6.07 Å². The number of amides is 1. The van der Waals surface area contributed by atoms with Crippen molar-refractivity contribution < 1.29 is 31.5 Å². The summed E-state index contributed by atoms with van der Waals surface area (Å²) >= 11 is 0. The molecule has 12 heteroatoms. The van der Waals surface area contributed by atoms with Crippen LogP contribution in [0.2, 0.25) is 0 Å². The van der Waals surface area contributed by atoms with Crippen molar-refractivity contribution in [2.24, 2.45) is 5.73 Å². The van der Waals surface area contributed by atoms with Crippen molar-refractivity contribution in [1.82, 2.24) is 0 Å². The number of hydrogen-bond acceptors (Lipinski definition) is 6. The average Bonchev–Trinajstić information content (AvgIpc) is 2.60. The molecule has 1 amide bonds. The van der Waals surface area contributed by atoms with Gasteiger partial charge in [-0.3, -0.25) is 9.52 Å². The molecule has 0 bridgehead atoms. The van der Waals surface area contributed by atoms with Gasteiger partial charge < -0.3 is 20.5 Å². The molecule has 2 rings (SSSR count). The third kappa shape index (κ3) is 6.81. The minimum absolute atomic E-state index is 0.00119. The second-order valence-corrected chi connectivity index (χ2v) is 7.97. The Morgan fingerprint density at radius 2 is 1.93 bits per heavy atom. The molecule has 8 nitrogen and oxygen atoms in total. The van der Waals surface area contributed by atoms with E-state index in [1.54, 1.807) is 6.92 Å². The Balaban J connectivity index is 2.32. The van der Waals surface area contributed by atoms with Gasteiger partial charge in [-0.25, -0.2) is 8.42 Å². The molecule has 0 fully saturated rings. The van der Waals surface area contributed by atoms with E-state index in [-0.39, 0.29) is 35.2 Å². The highest BCUT2D eigenvalue weighted by Gasteiger charge is 2.24. The predicted octanol–water partition coefficient (Wildman–Crippen LogP) is 2.59. The van der Waals surface area contributed by atoms with E-state index in [1.807, 2.05) is 0 Å². The molecule has 2 aromatic rings. The minimum Gasteiger partial charge on any atom is -0.492 e. The summed E-state index contributed by atoms with van der Waals surface area (Å²) in [7, 11) is -2.91. The van der Waals surface area contributed by atoms with E-state index in [1.165, 1.54) is 45.6 Å². The SMILES string of the molecule is CCOc1cc(NC(=O)CN)ccc1S(=O)(=O)Nc1cccc(OC(F)(F)P)c1. The van der Waals surface area contributed by atoms with Crippen LogP contribution in [-0.2, 0) is 14.8 Å². The average molecular weight is 447 g/mol. The van der Waals surface area contributed by atoms with Gasteiger partial charge in [0.05, 0.1) is 18.8 Å². The number of alkyl halides is 2. The molecular formula is C17H20F2N3O5PS. The van der Waals surface area contributed by atoms with Gasteiger partial charge in [-0.1, -0.05) is 6.07 Å². The fraction of sp³-hybridized carbons (Fsp3) is 0.235. The highest BCUT2D eigenvalue weighted by molar-refractivity contribution is 7.92. The molecule has 0 aliphatic carbocycles. The van der Waals surface area contributed by atoms with Crippen molar-refractivity contribution in [3.8, 4) is 11.5 Å². The lowest BCUT2D eigenvalue weighted by Gasteiger charge is -2.16. The Labute approximate surface area is 169 Å². The summed E-state index contributed by atoms with van der Waals surface area (Å²) < 4.78 is 63.6. The first-order valence-electron chi connectivity index (χ1n) is 8.29. The van der Waals surface area contributed by atoms with E-state index < -0.39 is 21.8 Å². The third-order valence-electron chi connectivity index (χ3n) is 3.34. The van der Waals surface area contributed by atoms with Gasteiger partial charge in [0.25, 0.3) is 10.0 Å². The molecule has 4 N–H and O–H groups in total. The molecule has 158 valence electrons. The number of benzene rings is 2. The second kappa shape index (κ2) is 9.34. The minimum atomic E-state index is -4.14. The lowest BCUT2D eigenvalue weighted by Crippen LogP contribution is -2.22. The zero-order valence-electron chi connectivity index (χ0n) is 15.3. The van der Waals surface area contributed by atoms with E-state index >= 15 is 0 Å². The van der Waals surface area contributed by atoms with Gasteiger partial charge in [0.1, 0.15) is 16.4 Å². The quantitative estimate of drug-likeness (QED) is 0.509. The van der Waals surface area contributed by atoms with Gasteiger partial charge >= 0.3 is 5.85 Å². The summed E-state index contributed by atoms with van der Waals surface area (Å²) in [4.78, 5) is 11.2. The third-order valence-corrected chi connectivity index (χ3v) is 4.88. The normalized spacial score (nSPS) is 11.6. The maximum atomic E-state index is 13.0. The number of hydrogen-bond donors (Lipinski definition) is 3. The number of carbonyl (C=O) groups is 1. The first-order valence-corrected chi connectivity index (χ1v) is 10.4. The van der Waals surface area contributed by atoms with E-state index in [0.29, 0.717) is 5.69 Å². The number of nitrogens with two attached hydrogens (primary N) is 1. The molecule has 29 heavy (non-hydrogen) atoms. The summed E-state index contributed by atoms with van der Waals surface area (Å²) in [5.74, 6) is -4.18. The highest BCUT2D eigenvalue weighted by atomic mass is 32.2. The van der Waals surface area contributed by atoms with Crippen LogP contribution in [0.5, 0.6) is 11.5 Å². The maximum absolute atomic E-state index is 13.0. The Morgan fingerprint density at radius 1 is 1.21 bits per heavy atom. The van der Waals surface area contributed by atoms with Gasteiger partial charge in [-0.05, 0) is 40.4 Å². The fourth-order valence-corrected chi connectivity index (χ4v) is 3.59. The molecule has 0 saturated heterocycles. The topological polar surface area (TPSA) is 120 Å². The molecule has 0 heterocycles. The smallest absolute Gasteiger partial charge is 0.408 e. The van der Waals surface area contributed by atoms with Gasteiger partial charge in [0.15, 0.2) is 0 Å². The van der Waals surface area contributed by atoms with Crippen molar-refractivity contribution in [3.05, 3.63) is 42.5 Å². The number of rotatable bonds is 9. The van der Waals surface area contributed by atoms with E-state index in [9.17, 15) is 22.0 Å². The molecule has 0 spiro atoms. The van der Waals surface area contributed by atoms with Gasteiger partial charge in [0, 0.05) is 17.8 Å². The Hall–Kier alpha value is -2.49. The van der Waals surface area contributed by atoms with Crippen LogP contribution in [0, 0.1) is 0 Å². The number of anilines is 2. The van der Waals surface area contributed by atoms with Crippen LogP contribution in [0.25, 0.3) is 0 Å². The Bertz CT molecular complexity index is 983. The first-order chi connectivity index (χ1) is 13.5. The molecule has 0 aliphatic rings. The van der Waals surface area contributed by atoms with Gasteiger partial charge in [0.2, 0.25) is 5.91 Å². The van der Waals surface area contributed by atoms with Crippen LogP contribution in [-0.4, -0.2) is 33.3 Å². The largest absolute Gasteiger partial charge is 0.492 e. The van der Waals surface area contributed by atoms with E-state index in [4.69, 9.17) is 10.5 Å². The summed E-state index contributed by atoms with van der Waals surface area (Å²) in [5.41, 5.74) is 5.56. The number of ether oxygens (including phenoxy) is 2. The number of sulfonamides is 1. The van der Waals surface area contributed by atoms with Crippen LogP contribution in [0.15, 0.2) is 47.4 Å². The van der Waals surface area contributed by atoms with Gasteiger partial charge in [-0.15, -0.1) is 0 Å². The number of halogens is 2. The Morgan fingerprint density at radius 3 is 2.55 bits per heavy atom. The molecular weight excluding hydrogens is 427 g/mol. The molecule has 0 saturated carbocycles. The molecule has 0 aromatic heterocycles. The van der Waals surface area contributed by atoms with Crippen molar-refractivity contribution in [2.75, 3.05) is 23.2 Å². The second-order valence-electron chi connectivity index (χ2n) is 5.64. The zero-order valence-corrected chi connectivity index (χ0v) is 17.3. The van der Waals surface area contributed by atoms with Crippen LogP contribution >= 0.6 is 9.24 Å². The van der Waals surface area contributed by atoms with Crippen molar-refractivity contribution in [2.45, 2.75) is 17.7 Å². The number of nitrogens with one attached hydrogen (secondary N) is 2. The van der Waals surface area contributed by atoms with E-state index in [2.05, 4.69) is 14.8 Å². The Kier molecular flexibility index (Phi) is 7.34. The van der Waals surface area contributed by atoms with Crippen LogP contribution in [0.1, 0.15) is 6.92 Å². The summed E-state index contributed by atoms with van der Waals surface area (Å²) in [6.07, 6.45) is 0. The summed E-state index contributed by atoms with van der Waals surface area (Å²) in [6, 6.07) is 9.08. The lowest BCUT2D eigenvalue weighted by atomic mass is 10.3. The lowest BCUT2D eigenvalue weighted by molar-refractivity contribution is -0.114. The first kappa shape index (κ1) is 22.8. The monoisotopic (exact) mass is 447 g/mol. The van der Waals surface area contributed by atoms with Crippen LogP contribution in [0.3, 0.4) is 0 Å². The van der Waals surface area contributed by atoms with Crippen LogP contribution in [0.4, 0.5) is 20.2 Å². The molecule has 2 aromatic carbocycles. The van der Waals surface area contributed by atoms with Crippen molar-refractivity contribution in [3.63, 3.8) is 0 Å². The summed E-state index contributed by atoms with van der Waals surface area (Å²) in [6.45, 7) is 1.60. The van der Waals surface area contributed by atoms with Crippen molar-refractivity contribution in [1.29, 1.82) is 0 Å². The fourth-order valence-electron chi connectivity index (χ4n) is 2.28. The van der Waals surface area contributed by atoms with Crippen molar-refractivity contribution >= 4 is 36.5 Å². The van der Waals surface area contributed by atoms with Gasteiger partial charge in [-0.2, -0.15) is 8.78 Å². The zero-order chi connectivity index (χ0) is 21.7. The molecule has 0 radical (unpaired) electrons. The molecule has 1 atom stereocenters. The molecule has 0 aliphatic heterocycles. The van der Waals surface area contributed by atoms with Crippen LogP contribution < -0.4 is 25.2 Å². The molecule has 1 unspecified atom stereocenters. The standard InChI is InChI=1S/C17H20F2N3O5PS/c1-2-26-14-9-11(21-16(23)10-20)6-7-15(14)29(24,25)22-12-4-3-5-13(8-12)27-17(18,19)28/h3-9,22H,2,10,20,28H2,1H3,(H,21,23). The highest BCUT2D eigenvalue weighted by Crippen LogP contribution is 2.32. The maximum Gasteiger partial charge on any atom is 0.408 e. The number of carbonyl (C=O) groups excluding carboxylic acids is 1.